The molecule has 5 nitrogen and oxygen atoms in total. The summed E-state index contributed by atoms with van der Waals surface area (Å²) in [5.74, 6) is 1.92. The van der Waals surface area contributed by atoms with Gasteiger partial charge >= 0.3 is 6.03 Å². The summed E-state index contributed by atoms with van der Waals surface area (Å²) in [5, 5.41) is 16.8. The second-order valence-electron chi connectivity index (χ2n) is 11.6. The number of quaternary nitrogens is 1. The van der Waals surface area contributed by atoms with Crippen LogP contribution in [0, 0.1) is 11.8 Å². The van der Waals surface area contributed by atoms with E-state index in [0.717, 1.165) is 30.3 Å². The number of nitrogens with two attached hydrogens (primary N) is 1. The van der Waals surface area contributed by atoms with Gasteiger partial charge in [-0.25, -0.2) is 9.28 Å². The van der Waals surface area contributed by atoms with E-state index in [0.29, 0.717) is 22.7 Å². The third-order valence-corrected chi connectivity index (χ3v) is 8.82. The fourth-order valence-corrected chi connectivity index (χ4v) is 6.77. The molecule has 4 rings (SSSR count). The average Bonchev–Trinajstić information content (AvgIpc) is 2.81. The fraction of sp³-hybridized carbons (Fsp3) is 0.607. The highest BCUT2D eigenvalue weighted by molar-refractivity contribution is 7.99. The summed E-state index contributed by atoms with van der Waals surface area (Å²) < 4.78 is 0.313. The summed E-state index contributed by atoms with van der Waals surface area (Å²) in [6.45, 7) is 8.09. The third kappa shape index (κ3) is 6.14. The molecular formula is C28H42N3O2S+. The van der Waals surface area contributed by atoms with Gasteiger partial charge in [-0.2, -0.15) is 0 Å². The van der Waals surface area contributed by atoms with Crippen LogP contribution in [0.1, 0.15) is 52.9 Å². The van der Waals surface area contributed by atoms with Crippen LogP contribution in [-0.4, -0.2) is 58.7 Å². The van der Waals surface area contributed by atoms with E-state index in [9.17, 15) is 9.90 Å². The van der Waals surface area contributed by atoms with Gasteiger partial charge in [0.05, 0.1) is 13.1 Å². The van der Waals surface area contributed by atoms with Gasteiger partial charge < -0.3 is 16.2 Å². The maximum Gasteiger partial charge on any atom is 0.417 e. The number of benzene rings is 2. The Labute approximate surface area is 209 Å². The van der Waals surface area contributed by atoms with Gasteiger partial charge in [0.1, 0.15) is 12.6 Å². The molecule has 0 spiro atoms. The summed E-state index contributed by atoms with van der Waals surface area (Å²) in [6, 6.07) is 14.4. The Morgan fingerprint density at radius 1 is 1.12 bits per heavy atom. The van der Waals surface area contributed by atoms with E-state index in [1.54, 1.807) is 11.8 Å². The number of nitrogens with one attached hydrogen (secondary N) is 1. The predicted molar refractivity (Wildman–Crippen MR) is 142 cm³/mol. The zero-order chi connectivity index (χ0) is 24.3. The number of aliphatic hydroxyl groups is 1. The first-order valence-electron chi connectivity index (χ1n) is 12.9. The molecule has 186 valence electrons. The summed E-state index contributed by atoms with van der Waals surface area (Å²) in [6.07, 6.45) is 5.40. The smallest absolute Gasteiger partial charge is 0.386 e. The Bertz CT molecular complexity index is 991. The van der Waals surface area contributed by atoms with E-state index in [-0.39, 0.29) is 11.6 Å². The van der Waals surface area contributed by atoms with Gasteiger partial charge in [-0.05, 0) is 62.4 Å². The first-order chi connectivity index (χ1) is 16.2. The van der Waals surface area contributed by atoms with Gasteiger partial charge in [0.25, 0.3) is 0 Å². The van der Waals surface area contributed by atoms with Gasteiger partial charge in [-0.15, -0.1) is 11.8 Å². The number of hydrogen-bond acceptors (Lipinski definition) is 4. The topological polar surface area (TPSA) is 75.3 Å². The molecule has 2 aliphatic rings. The molecule has 2 amide bonds. The fourth-order valence-electron chi connectivity index (χ4n) is 5.78. The minimum absolute atomic E-state index is 0.0463. The van der Waals surface area contributed by atoms with Crippen molar-refractivity contribution in [3.05, 3.63) is 42.5 Å². The zero-order valence-corrected chi connectivity index (χ0v) is 21.8. The summed E-state index contributed by atoms with van der Waals surface area (Å²) in [4.78, 5) is 14.7. The van der Waals surface area contributed by atoms with Crippen LogP contribution < -0.4 is 11.1 Å². The highest BCUT2D eigenvalue weighted by atomic mass is 32.2. The Kier molecular flexibility index (Phi) is 7.92. The molecule has 4 N–H and O–H groups in total. The first kappa shape index (κ1) is 25.5. The Balaban J connectivity index is 1.43. The molecule has 1 heterocycles. The molecule has 2 fully saturated rings. The van der Waals surface area contributed by atoms with Crippen LogP contribution in [0.15, 0.2) is 47.4 Å². The molecule has 2 aromatic carbocycles. The minimum atomic E-state index is -0.723. The Hall–Kier alpha value is -1.60. The third-order valence-electron chi connectivity index (χ3n) is 7.69. The largest absolute Gasteiger partial charge is 0.417 e. The molecule has 34 heavy (non-hydrogen) atoms. The monoisotopic (exact) mass is 484 g/mol. The van der Waals surface area contributed by atoms with E-state index >= 15 is 0 Å². The van der Waals surface area contributed by atoms with Crippen LogP contribution in [0.5, 0.6) is 0 Å². The lowest BCUT2D eigenvalue weighted by Crippen LogP contribution is -2.68. The van der Waals surface area contributed by atoms with E-state index in [4.69, 9.17) is 5.73 Å². The van der Waals surface area contributed by atoms with Gasteiger partial charge in [-0.1, -0.05) is 43.2 Å². The first-order valence-corrected chi connectivity index (χ1v) is 13.9. The molecule has 0 radical (unpaired) electrons. The highest BCUT2D eigenvalue weighted by Gasteiger charge is 2.48. The number of carbonyl (C=O) groups excluding carboxylic acids is 1. The van der Waals surface area contributed by atoms with Gasteiger partial charge in [0.2, 0.25) is 0 Å². The minimum Gasteiger partial charge on any atom is -0.386 e. The number of piperidine rings is 1. The van der Waals surface area contributed by atoms with E-state index < -0.39 is 12.1 Å². The maximum absolute atomic E-state index is 13.6. The number of likely N-dealkylation sites (tertiary alicyclic amines) is 1. The number of nitrogens with zero attached hydrogens (tertiary/aromatic N) is 1. The number of amides is 2. The van der Waals surface area contributed by atoms with E-state index in [2.05, 4.69) is 35.6 Å². The van der Waals surface area contributed by atoms with Crippen molar-refractivity contribution in [1.82, 2.24) is 5.32 Å². The molecule has 0 bridgehead atoms. The van der Waals surface area contributed by atoms with Crippen LogP contribution in [0.25, 0.3) is 10.8 Å². The second kappa shape index (κ2) is 10.6. The predicted octanol–water partition coefficient (Wildman–Crippen LogP) is 5.16. The summed E-state index contributed by atoms with van der Waals surface area (Å²) >= 11 is 1.68. The second-order valence-corrected chi connectivity index (χ2v) is 12.7. The number of rotatable bonds is 6. The number of urea groups is 1. The van der Waals surface area contributed by atoms with E-state index in [1.807, 2.05) is 32.9 Å². The molecule has 0 aromatic heterocycles. The van der Waals surface area contributed by atoms with Crippen LogP contribution in [-0.2, 0) is 0 Å². The van der Waals surface area contributed by atoms with Crippen molar-refractivity contribution < 1.29 is 14.4 Å². The van der Waals surface area contributed by atoms with Crippen molar-refractivity contribution in [2.75, 3.05) is 25.4 Å². The summed E-state index contributed by atoms with van der Waals surface area (Å²) in [5.41, 5.74) is 6.20. The lowest BCUT2D eigenvalue weighted by Gasteiger charge is -2.48. The number of aliphatic hydroxyl groups excluding tert-OH is 1. The molecule has 1 saturated carbocycles. The molecule has 2 aromatic rings. The summed E-state index contributed by atoms with van der Waals surface area (Å²) in [7, 11) is 0. The molecule has 5 atom stereocenters. The van der Waals surface area contributed by atoms with Crippen molar-refractivity contribution in [3.63, 3.8) is 0 Å². The van der Waals surface area contributed by atoms with Crippen LogP contribution in [0.4, 0.5) is 4.79 Å². The lowest BCUT2D eigenvalue weighted by atomic mass is 9.74. The van der Waals surface area contributed by atoms with E-state index in [1.165, 1.54) is 36.5 Å². The zero-order valence-electron chi connectivity index (χ0n) is 21.0. The average molecular weight is 485 g/mol. The van der Waals surface area contributed by atoms with Gasteiger partial charge in [0, 0.05) is 34.6 Å². The Morgan fingerprint density at radius 2 is 1.82 bits per heavy atom. The molecule has 1 aliphatic heterocycles. The van der Waals surface area contributed by atoms with Crippen LogP contribution >= 0.6 is 11.8 Å². The van der Waals surface area contributed by atoms with Crippen molar-refractivity contribution in [2.45, 2.75) is 75.5 Å². The highest BCUT2D eigenvalue weighted by Crippen LogP contribution is 2.39. The normalized spacial score (nSPS) is 27.1. The number of thioether (sulfide) groups is 1. The number of carbonyl (C=O) groups is 1. The van der Waals surface area contributed by atoms with Gasteiger partial charge in [0.15, 0.2) is 0 Å². The van der Waals surface area contributed by atoms with Gasteiger partial charge in [-0.3, -0.25) is 0 Å². The Morgan fingerprint density at radius 3 is 2.56 bits per heavy atom. The quantitative estimate of drug-likeness (QED) is 0.391. The van der Waals surface area contributed by atoms with Crippen LogP contribution in [0.2, 0.25) is 0 Å². The molecule has 1 aliphatic carbocycles. The maximum atomic E-state index is 13.6. The van der Waals surface area contributed by atoms with Crippen molar-refractivity contribution in [2.24, 2.45) is 17.6 Å². The van der Waals surface area contributed by atoms with Crippen molar-refractivity contribution >= 4 is 28.6 Å². The molecule has 1 saturated heterocycles. The molecule has 6 heteroatoms. The van der Waals surface area contributed by atoms with Crippen LogP contribution in [0.3, 0.4) is 0 Å². The SMILES string of the molecule is CC(C)(C)NC(=O)[N+]1(C[C@@H](O)[C@@H](N)CSc2ccc3ccccc3c2)CC[C@@H]2CCCC[C@@H]2C1. The molecule has 1 unspecified atom stereocenters. The van der Waals surface area contributed by atoms with Crippen molar-refractivity contribution in [3.8, 4) is 0 Å². The number of fused-ring (bicyclic) bond motifs is 2. The van der Waals surface area contributed by atoms with Crippen molar-refractivity contribution in [1.29, 1.82) is 0 Å². The molecular weight excluding hydrogens is 442 g/mol. The number of hydrogen-bond donors (Lipinski definition) is 3. The standard InChI is InChI=1S/C28H41N3O2S/c1-28(2,3)30-27(33)31(15-14-21-9-5-7-11-23(21)17-31)18-26(32)25(29)19-34-24-13-12-20-8-4-6-10-22(20)16-24/h4,6,8,10,12-13,16,21,23,25-26,32H,5,7,9,11,14-15,17-19,29H2,1-3H3/p+1/t21-,23+,25-,26+,31?/m0/s1. The lowest BCUT2D eigenvalue weighted by molar-refractivity contribution is -0.865.